The molecule has 1 aliphatic carbocycles. The van der Waals surface area contributed by atoms with Gasteiger partial charge in [0.15, 0.2) is 0 Å². The maximum absolute atomic E-state index is 8.79. The molecule has 2 atom stereocenters. The fourth-order valence-electron chi connectivity index (χ4n) is 1.96. The Morgan fingerprint density at radius 2 is 2.31 bits per heavy atom. The zero-order valence-corrected chi connectivity index (χ0v) is 10.4. The van der Waals surface area contributed by atoms with E-state index in [0.717, 1.165) is 36.1 Å². The Morgan fingerprint density at radius 1 is 1.44 bits per heavy atom. The van der Waals surface area contributed by atoms with Crippen LogP contribution in [0.25, 0.3) is 0 Å². The average Bonchev–Trinajstić information content (AvgIpc) is 2.76. The van der Waals surface area contributed by atoms with Gasteiger partial charge in [-0.15, -0.1) is 0 Å². The summed E-state index contributed by atoms with van der Waals surface area (Å²) in [6.07, 6.45) is 6.51. The summed E-state index contributed by atoms with van der Waals surface area (Å²) in [5, 5.41) is 12.2. The van der Waals surface area contributed by atoms with Gasteiger partial charge in [0.25, 0.3) is 0 Å². The van der Waals surface area contributed by atoms with Crippen molar-refractivity contribution in [2.45, 2.75) is 31.8 Å². The van der Waals surface area contributed by atoms with Crippen molar-refractivity contribution < 1.29 is 0 Å². The predicted octanol–water partition coefficient (Wildman–Crippen LogP) is 2.02. The number of hydrogen-bond donors (Lipinski definition) is 1. The van der Waals surface area contributed by atoms with Gasteiger partial charge >= 0.3 is 0 Å². The van der Waals surface area contributed by atoms with Crippen molar-refractivity contribution in [1.29, 1.82) is 5.26 Å². The van der Waals surface area contributed by atoms with Crippen molar-refractivity contribution in [3.8, 4) is 6.07 Å². The number of halogens is 1. The molecular weight excluding hydrogens is 268 g/mol. The largest absolute Gasteiger partial charge is 0.308 e. The van der Waals surface area contributed by atoms with Crippen molar-refractivity contribution in [1.82, 2.24) is 15.3 Å². The molecule has 16 heavy (non-hydrogen) atoms. The quantitative estimate of drug-likeness (QED) is 0.920. The standard InChI is InChI=1S/C11H13BrN4/c12-11-7-15-10(6-16-11)5-14-9-2-1-8(3-9)4-13/h6-9,14H,1-3,5H2. The molecule has 1 aliphatic rings. The molecule has 2 rings (SSSR count). The maximum Gasteiger partial charge on any atom is 0.124 e. The highest BCUT2D eigenvalue weighted by Gasteiger charge is 2.23. The van der Waals surface area contributed by atoms with Crippen LogP contribution in [0.5, 0.6) is 0 Å². The molecule has 1 aromatic rings. The monoisotopic (exact) mass is 280 g/mol. The molecule has 1 aromatic heterocycles. The summed E-state index contributed by atoms with van der Waals surface area (Å²) in [7, 11) is 0. The third-order valence-corrected chi connectivity index (χ3v) is 3.27. The van der Waals surface area contributed by atoms with Crippen LogP contribution in [-0.2, 0) is 6.54 Å². The Labute approximate surface area is 103 Å². The van der Waals surface area contributed by atoms with E-state index in [1.807, 2.05) is 0 Å². The third kappa shape index (κ3) is 3.00. The molecule has 0 amide bonds. The fourth-order valence-corrected chi connectivity index (χ4v) is 2.17. The van der Waals surface area contributed by atoms with E-state index in [1.54, 1.807) is 12.4 Å². The van der Waals surface area contributed by atoms with Crippen molar-refractivity contribution in [2.24, 2.45) is 5.92 Å². The highest BCUT2D eigenvalue weighted by Crippen LogP contribution is 2.24. The van der Waals surface area contributed by atoms with Crippen LogP contribution in [0.1, 0.15) is 25.0 Å². The average molecular weight is 281 g/mol. The molecule has 1 heterocycles. The minimum absolute atomic E-state index is 0.230. The second-order valence-electron chi connectivity index (χ2n) is 4.05. The van der Waals surface area contributed by atoms with E-state index in [9.17, 15) is 0 Å². The van der Waals surface area contributed by atoms with Gasteiger partial charge in [-0.2, -0.15) is 5.26 Å². The van der Waals surface area contributed by atoms with Gasteiger partial charge in [0, 0.05) is 18.5 Å². The Kier molecular flexibility index (Phi) is 3.86. The SMILES string of the molecule is N#CC1CCC(NCc2cnc(Br)cn2)C1. The summed E-state index contributed by atoms with van der Waals surface area (Å²) in [5.41, 5.74) is 0.934. The molecule has 0 bridgehead atoms. The molecule has 84 valence electrons. The molecule has 4 nitrogen and oxygen atoms in total. The summed E-state index contributed by atoms with van der Waals surface area (Å²) in [4.78, 5) is 8.36. The number of nitrogens with zero attached hydrogens (tertiary/aromatic N) is 3. The van der Waals surface area contributed by atoms with Crippen LogP contribution in [0.2, 0.25) is 0 Å². The van der Waals surface area contributed by atoms with Gasteiger partial charge in [0.1, 0.15) is 4.60 Å². The van der Waals surface area contributed by atoms with Gasteiger partial charge in [-0.05, 0) is 35.2 Å². The van der Waals surface area contributed by atoms with E-state index >= 15 is 0 Å². The molecule has 2 unspecified atom stereocenters. The van der Waals surface area contributed by atoms with Crippen LogP contribution in [0.4, 0.5) is 0 Å². The first-order valence-corrected chi connectivity index (χ1v) is 6.16. The number of aromatic nitrogens is 2. The van der Waals surface area contributed by atoms with Gasteiger partial charge < -0.3 is 5.32 Å². The van der Waals surface area contributed by atoms with Crippen LogP contribution in [-0.4, -0.2) is 16.0 Å². The Bertz CT molecular complexity index is 384. The normalized spacial score (nSPS) is 24.2. The molecule has 0 radical (unpaired) electrons. The lowest BCUT2D eigenvalue weighted by Crippen LogP contribution is -2.26. The van der Waals surface area contributed by atoms with Crippen LogP contribution in [0, 0.1) is 17.2 Å². The van der Waals surface area contributed by atoms with E-state index in [2.05, 4.69) is 37.3 Å². The minimum atomic E-state index is 0.230. The molecule has 1 saturated carbocycles. The van der Waals surface area contributed by atoms with Gasteiger partial charge in [0.2, 0.25) is 0 Å². The van der Waals surface area contributed by atoms with Crippen molar-refractivity contribution >= 4 is 15.9 Å². The zero-order chi connectivity index (χ0) is 11.4. The first-order chi connectivity index (χ1) is 7.78. The van der Waals surface area contributed by atoms with Gasteiger partial charge in [-0.1, -0.05) is 0 Å². The van der Waals surface area contributed by atoms with Crippen molar-refractivity contribution in [3.63, 3.8) is 0 Å². The summed E-state index contributed by atoms with van der Waals surface area (Å²) in [6, 6.07) is 2.78. The lowest BCUT2D eigenvalue weighted by atomic mass is 10.1. The lowest BCUT2D eigenvalue weighted by molar-refractivity contribution is 0.509. The molecule has 1 fully saturated rings. The highest BCUT2D eigenvalue weighted by atomic mass is 79.9. The number of hydrogen-bond acceptors (Lipinski definition) is 4. The van der Waals surface area contributed by atoms with E-state index in [-0.39, 0.29) is 5.92 Å². The van der Waals surface area contributed by atoms with Gasteiger partial charge in [-0.25, -0.2) is 4.98 Å². The van der Waals surface area contributed by atoms with Crippen molar-refractivity contribution in [3.05, 3.63) is 22.7 Å². The zero-order valence-electron chi connectivity index (χ0n) is 8.86. The van der Waals surface area contributed by atoms with E-state index in [1.165, 1.54) is 0 Å². The molecule has 0 aliphatic heterocycles. The predicted molar refractivity (Wildman–Crippen MR) is 63.3 cm³/mol. The third-order valence-electron chi connectivity index (χ3n) is 2.86. The van der Waals surface area contributed by atoms with E-state index in [4.69, 9.17) is 5.26 Å². The minimum Gasteiger partial charge on any atom is -0.308 e. The van der Waals surface area contributed by atoms with Crippen molar-refractivity contribution in [2.75, 3.05) is 0 Å². The van der Waals surface area contributed by atoms with Gasteiger partial charge in [0.05, 0.1) is 24.2 Å². The number of rotatable bonds is 3. The maximum atomic E-state index is 8.79. The van der Waals surface area contributed by atoms with E-state index < -0.39 is 0 Å². The number of nitrogens with one attached hydrogen (secondary N) is 1. The first kappa shape index (κ1) is 11.5. The molecular formula is C11H13BrN4. The summed E-state index contributed by atoms with van der Waals surface area (Å²) < 4.78 is 0.752. The molecule has 0 spiro atoms. The Morgan fingerprint density at radius 3 is 2.94 bits per heavy atom. The first-order valence-electron chi connectivity index (χ1n) is 5.37. The van der Waals surface area contributed by atoms with E-state index in [0.29, 0.717) is 6.04 Å². The summed E-state index contributed by atoms with van der Waals surface area (Å²) >= 11 is 3.25. The Balaban J connectivity index is 1.80. The molecule has 0 aromatic carbocycles. The number of nitriles is 1. The highest BCUT2D eigenvalue weighted by molar-refractivity contribution is 9.10. The topological polar surface area (TPSA) is 61.6 Å². The molecule has 1 N–H and O–H groups in total. The second kappa shape index (κ2) is 5.37. The Hall–Kier alpha value is -0.990. The smallest absolute Gasteiger partial charge is 0.124 e. The molecule has 0 saturated heterocycles. The van der Waals surface area contributed by atoms with Crippen LogP contribution in [0.15, 0.2) is 17.0 Å². The second-order valence-corrected chi connectivity index (χ2v) is 4.86. The van der Waals surface area contributed by atoms with Gasteiger partial charge in [-0.3, -0.25) is 4.98 Å². The fraction of sp³-hybridized carbons (Fsp3) is 0.545. The summed E-state index contributed by atoms with van der Waals surface area (Å²) in [6.45, 7) is 0.725. The van der Waals surface area contributed by atoms with Crippen LogP contribution in [0.3, 0.4) is 0 Å². The van der Waals surface area contributed by atoms with Crippen LogP contribution < -0.4 is 5.32 Å². The molecule has 5 heteroatoms. The lowest BCUT2D eigenvalue weighted by Gasteiger charge is -2.10. The van der Waals surface area contributed by atoms with Crippen LogP contribution >= 0.6 is 15.9 Å². The summed E-state index contributed by atoms with van der Waals surface area (Å²) in [5.74, 6) is 0.230.